The largest absolute Gasteiger partial charge is 0.494 e. The Morgan fingerprint density at radius 1 is 1.00 bits per heavy atom. The van der Waals surface area contributed by atoms with Crippen LogP contribution in [0.5, 0.6) is 5.75 Å². The molecule has 1 aliphatic heterocycles. The summed E-state index contributed by atoms with van der Waals surface area (Å²) < 4.78 is 13.3. The van der Waals surface area contributed by atoms with Crippen molar-refractivity contribution in [3.63, 3.8) is 0 Å². The molecule has 0 fully saturated rings. The van der Waals surface area contributed by atoms with E-state index in [4.69, 9.17) is 19.6 Å². The lowest BCUT2D eigenvalue weighted by molar-refractivity contribution is -0.140. The predicted molar refractivity (Wildman–Crippen MR) is 144 cm³/mol. The number of carbonyl (C=O) groups is 1. The second-order valence-electron chi connectivity index (χ2n) is 8.57. The molecule has 1 aromatic heterocycles. The van der Waals surface area contributed by atoms with Gasteiger partial charge in [-0.2, -0.15) is 4.98 Å². The van der Waals surface area contributed by atoms with E-state index in [2.05, 4.69) is 17.4 Å². The minimum Gasteiger partial charge on any atom is -0.494 e. The van der Waals surface area contributed by atoms with Crippen molar-refractivity contribution in [2.75, 3.05) is 11.9 Å². The summed E-state index contributed by atoms with van der Waals surface area (Å²) in [7, 11) is 0. The molecule has 2 heterocycles. The Balaban J connectivity index is 1.47. The van der Waals surface area contributed by atoms with Gasteiger partial charge < -0.3 is 14.8 Å². The van der Waals surface area contributed by atoms with Gasteiger partial charge in [0.15, 0.2) is 0 Å². The average molecular weight is 513 g/mol. The number of anilines is 1. The van der Waals surface area contributed by atoms with Crippen LogP contribution in [0.15, 0.2) is 101 Å². The van der Waals surface area contributed by atoms with Crippen molar-refractivity contribution in [3.8, 4) is 5.75 Å². The second-order valence-corrected chi connectivity index (χ2v) is 9.51. The molecule has 0 bridgehead atoms. The van der Waals surface area contributed by atoms with E-state index in [0.29, 0.717) is 29.0 Å². The zero-order valence-electron chi connectivity index (χ0n) is 20.8. The first kappa shape index (κ1) is 24.6. The molecular formula is C29H28N4O3S. The van der Waals surface area contributed by atoms with E-state index in [1.54, 1.807) is 16.4 Å². The fraction of sp³-hybridized carbons (Fsp3) is 0.207. The van der Waals surface area contributed by atoms with Crippen molar-refractivity contribution in [2.24, 2.45) is 0 Å². The van der Waals surface area contributed by atoms with Crippen molar-refractivity contribution in [1.82, 2.24) is 14.8 Å². The average Bonchev–Trinajstić information content (AvgIpc) is 3.33. The number of hydrogen-bond donors (Lipinski definition) is 1. The van der Waals surface area contributed by atoms with Crippen LogP contribution >= 0.6 is 11.8 Å². The Morgan fingerprint density at radius 2 is 1.73 bits per heavy atom. The van der Waals surface area contributed by atoms with Crippen LogP contribution in [0.2, 0.25) is 0 Å². The third-order valence-electron chi connectivity index (χ3n) is 5.96. The van der Waals surface area contributed by atoms with E-state index in [1.807, 2.05) is 86.6 Å². The number of hydrogen-bond acceptors (Lipinski definition) is 7. The van der Waals surface area contributed by atoms with E-state index >= 15 is 0 Å². The van der Waals surface area contributed by atoms with Crippen LogP contribution in [0.3, 0.4) is 0 Å². The number of rotatable bonds is 9. The highest BCUT2D eigenvalue weighted by Gasteiger charge is 2.35. The molecule has 7 nitrogen and oxygen atoms in total. The molecule has 0 amide bonds. The molecule has 188 valence electrons. The highest BCUT2D eigenvalue weighted by Crippen LogP contribution is 2.38. The van der Waals surface area contributed by atoms with Crippen LogP contribution in [-0.4, -0.2) is 27.3 Å². The van der Waals surface area contributed by atoms with Crippen LogP contribution < -0.4 is 10.1 Å². The van der Waals surface area contributed by atoms with Crippen LogP contribution in [0.4, 0.5) is 5.95 Å². The first-order valence-corrected chi connectivity index (χ1v) is 13.2. The first-order chi connectivity index (χ1) is 18.1. The lowest BCUT2D eigenvalue weighted by Crippen LogP contribution is -2.29. The lowest BCUT2D eigenvalue weighted by atomic mass is 9.95. The van der Waals surface area contributed by atoms with Gasteiger partial charge in [0.25, 0.3) is 0 Å². The SMILES string of the molecule is CCOc1cccc(C2C(C(=O)OCc3ccccc3)=C(C)Nc3nc(SCc4ccccc4)nn32)c1. The normalized spacial score (nSPS) is 14.6. The van der Waals surface area contributed by atoms with Gasteiger partial charge in [0.05, 0.1) is 12.2 Å². The third-order valence-corrected chi connectivity index (χ3v) is 6.87. The summed E-state index contributed by atoms with van der Waals surface area (Å²) in [5.74, 6) is 1.65. The number of nitrogens with zero attached hydrogens (tertiary/aromatic N) is 3. The summed E-state index contributed by atoms with van der Waals surface area (Å²) in [5.41, 5.74) is 4.15. The molecule has 5 rings (SSSR count). The minimum atomic E-state index is -0.515. The molecule has 1 aliphatic rings. The monoisotopic (exact) mass is 512 g/mol. The van der Waals surface area contributed by atoms with E-state index in [9.17, 15) is 4.79 Å². The number of esters is 1. The van der Waals surface area contributed by atoms with Gasteiger partial charge in [-0.25, -0.2) is 9.48 Å². The number of aromatic nitrogens is 3. The Morgan fingerprint density at radius 3 is 2.46 bits per heavy atom. The van der Waals surface area contributed by atoms with Gasteiger partial charge in [0.2, 0.25) is 11.1 Å². The summed E-state index contributed by atoms with van der Waals surface area (Å²) >= 11 is 1.55. The molecule has 1 unspecified atom stereocenters. The van der Waals surface area contributed by atoms with Crippen LogP contribution in [0.1, 0.15) is 36.6 Å². The van der Waals surface area contributed by atoms with E-state index in [0.717, 1.165) is 22.6 Å². The zero-order chi connectivity index (χ0) is 25.6. The maximum atomic E-state index is 13.5. The van der Waals surface area contributed by atoms with E-state index < -0.39 is 12.0 Å². The summed E-state index contributed by atoms with van der Waals surface area (Å²) in [6, 6.07) is 27.1. The van der Waals surface area contributed by atoms with Crippen molar-refractivity contribution in [2.45, 2.75) is 37.4 Å². The Kier molecular flexibility index (Phi) is 7.56. The van der Waals surface area contributed by atoms with Crippen LogP contribution in [0.25, 0.3) is 0 Å². The molecule has 0 saturated carbocycles. The van der Waals surface area contributed by atoms with E-state index in [-0.39, 0.29) is 6.61 Å². The predicted octanol–water partition coefficient (Wildman–Crippen LogP) is 6.00. The number of thioether (sulfide) groups is 1. The topological polar surface area (TPSA) is 78.3 Å². The molecule has 1 N–H and O–H groups in total. The zero-order valence-corrected chi connectivity index (χ0v) is 21.6. The van der Waals surface area contributed by atoms with Crippen molar-refractivity contribution < 1.29 is 14.3 Å². The molecule has 37 heavy (non-hydrogen) atoms. The Bertz CT molecular complexity index is 1400. The highest BCUT2D eigenvalue weighted by molar-refractivity contribution is 7.98. The summed E-state index contributed by atoms with van der Waals surface area (Å²) in [6.07, 6.45) is 0. The second kappa shape index (κ2) is 11.3. The van der Waals surface area contributed by atoms with Gasteiger partial charge in [-0.3, -0.25) is 0 Å². The maximum Gasteiger partial charge on any atom is 0.338 e. The molecule has 3 aromatic carbocycles. The van der Waals surface area contributed by atoms with Gasteiger partial charge in [0, 0.05) is 11.4 Å². The van der Waals surface area contributed by atoms with Crippen molar-refractivity contribution in [1.29, 1.82) is 0 Å². The van der Waals surface area contributed by atoms with Gasteiger partial charge in [0.1, 0.15) is 18.4 Å². The molecule has 0 spiro atoms. The molecule has 0 radical (unpaired) electrons. The number of carbonyl (C=O) groups excluding carboxylic acids is 1. The Labute approximate surface area is 220 Å². The number of allylic oxidation sites excluding steroid dienone is 1. The first-order valence-electron chi connectivity index (χ1n) is 12.2. The minimum absolute atomic E-state index is 0.185. The third kappa shape index (κ3) is 5.70. The number of ether oxygens (including phenoxy) is 2. The summed E-state index contributed by atoms with van der Waals surface area (Å²) in [5, 5.41) is 8.71. The number of nitrogens with one attached hydrogen (secondary N) is 1. The molecule has 0 saturated heterocycles. The van der Waals surface area contributed by atoms with Crippen molar-refractivity contribution in [3.05, 3.63) is 113 Å². The van der Waals surface area contributed by atoms with Gasteiger partial charge >= 0.3 is 5.97 Å². The fourth-order valence-electron chi connectivity index (χ4n) is 4.23. The molecule has 4 aromatic rings. The smallest absolute Gasteiger partial charge is 0.338 e. The fourth-order valence-corrected chi connectivity index (χ4v) is 5.01. The molecule has 1 atom stereocenters. The molecular weight excluding hydrogens is 484 g/mol. The highest BCUT2D eigenvalue weighted by atomic mass is 32.2. The van der Waals surface area contributed by atoms with Gasteiger partial charge in [-0.1, -0.05) is 84.6 Å². The van der Waals surface area contributed by atoms with E-state index in [1.165, 1.54) is 5.56 Å². The molecule has 8 heteroatoms. The van der Waals surface area contributed by atoms with Crippen LogP contribution in [-0.2, 0) is 21.9 Å². The standard InChI is InChI=1S/C29H28N4O3S/c1-3-35-24-16-10-15-23(17-24)26-25(27(34)36-18-21-11-6-4-7-12-21)20(2)30-28-31-29(32-33(26)28)37-19-22-13-8-5-9-14-22/h4-17,26H,3,18-19H2,1-2H3,(H,30,31,32). The van der Waals surface area contributed by atoms with Crippen LogP contribution in [0, 0.1) is 0 Å². The van der Waals surface area contributed by atoms with Crippen molar-refractivity contribution >= 4 is 23.7 Å². The number of benzene rings is 3. The lowest BCUT2D eigenvalue weighted by Gasteiger charge is -2.28. The van der Waals surface area contributed by atoms with Gasteiger partial charge in [-0.15, -0.1) is 5.10 Å². The maximum absolute atomic E-state index is 13.5. The summed E-state index contributed by atoms with van der Waals surface area (Å²) in [6.45, 7) is 4.54. The van der Waals surface area contributed by atoms with Gasteiger partial charge in [-0.05, 0) is 42.7 Å². The quantitative estimate of drug-likeness (QED) is 0.218. The molecule has 0 aliphatic carbocycles. The number of fused-ring (bicyclic) bond motifs is 1. The Hall–Kier alpha value is -4.04. The summed E-state index contributed by atoms with van der Waals surface area (Å²) in [4.78, 5) is 18.2.